The molecule has 3 amide bonds. The number of imide groups is 1. The van der Waals surface area contributed by atoms with E-state index in [2.05, 4.69) is 5.32 Å². The Morgan fingerprint density at radius 1 is 1.03 bits per heavy atom. The van der Waals surface area contributed by atoms with E-state index < -0.39 is 17.7 Å². The van der Waals surface area contributed by atoms with Crippen LogP contribution in [0.25, 0.3) is 0 Å². The van der Waals surface area contributed by atoms with Crippen LogP contribution in [0, 0.1) is 0 Å². The van der Waals surface area contributed by atoms with Gasteiger partial charge in [0.25, 0.3) is 11.8 Å². The van der Waals surface area contributed by atoms with Crippen molar-refractivity contribution in [3.05, 3.63) is 71.3 Å². The number of fused-ring (bicyclic) bond motifs is 1. The smallest absolute Gasteiger partial charge is 0.407 e. The van der Waals surface area contributed by atoms with Gasteiger partial charge >= 0.3 is 6.09 Å². The van der Waals surface area contributed by atoms with E-state index >= 15 is 0 Å². The molecule has 0 radical (unpaired) electrons. The molecular weight excluding hydrogens is 496 g/mol. The lowest BCUT2D eigenvalue weighted by atomic mass is 10.00. The quantitative estimate of drug-likeness (QED) is 0.352. The fourth-order valence-corrected chi connectivity index (χ4v) is 5.45. The third kappa shape index (κ3) is 7.54. The normalized spacial score (nSPS) is 14.7. The van der Waals surface area contributed by atoms with Crippen LogP contribution in [0.1, 0.15) is 60.4 Å². The zero-order chi connectivity index (χ0) is 26.3. The molecule has 2 unspecified atom stereocenters. The largest absolute Gasteiger partial charge is 0.479 e. The minimum Gasteiger partial charge on any atom is -0.479 e. The molecule has 0 saturated carbocycles. The highest BCUT2D eigenvalue weighted by atomic mass is 32.2. The molecule has 0 fully saturated rings. The molecule has 1 heterocycles. The van der Waals surface area contributed by atoms with Gasteiger partial charge in [0.15, 0.2) is 0 Å². The second-order valence-corrected chi connectivity index (χ2v) is 11.3. The highest BCUT2D eigenvalue weighted by Gasteiger charge is 2.40. The maximum absolute atomic E-state index is 13.3. The second-order valence-electron chi connectivity index (χ2n) is 9.41. The number of amides is 3. The summed E-state index contributed by atoms with van der Waals surface area (Å²) in [4.78, 5) is 40.3. The summed E-state index contributed by atoms with van der Waals surface area (Å²) in [6.45, 7) is 7.87. The number of hydrogen-bond donors (Lipinski definition) is 1. The van der Waals surface area contributed by atoms with Gasteiger partial charge in [-0.05, 0) is 70.5 Å². The topological polar surface area (TPSA) is 84.9 Å². The van der Waals surface area contributed by atoms with Gasteiger partial charge < -0.3 is 14.8 Å². The van der Waals surface area contributed by atoms with E-state index in [0.717, 1.165) is 5.56 Å². The third-order valence-corrected chi connectivity index (χ3v) is 6.85. The number of alkyl carbamates (subject to hydrolysis) is 1. The summed E-state index contributed by atoms with van der Waals surface area (Å²) in [6.07, 6.45) is 0.321. The van der Waals surface area contributed by atoms with Gasteiger partial charge in [-0.25, -0.2) is 4.79 Å². The molecule has 36 heavy (non-hydrogen) atoms. The standard InChI is InChI=1S/C27H32N2O5S2/c1-5-33-26(35)36-20(17-28-25(32)34-27(2,3)4)16-19(15-18-11-7-6-8-12-18)29-23(30)21-13-9-10-14-22(21)24(29)31/h6-14,19-20H,5,15-17H2,1-4H3,(H,28,32). The van der Waals surface area contributed by atoms with E-state index in [4.69, 9.17) is 21.7 Å². The number of hydrogen-bond acceptors (Lipinski definition) is 7. The van der Waals surface area contributed by atoms with E-state index in [0.29, 0.717) is 35.0 Å². The molecule has 0 spiro atoms. The Morgan fingerprint density at radius 2 is 1.61 bits per heavy atom. The summed E-state index contributed by atoms with van der Waals surface area (Å²) in [6, 6.07) is 16.1. The Morgan fingerprint density at radius 3 is 2.17 bits per heavy atom. The number of nitrogens with zero attached hydrogens (tertiary/aromatic N) is 1. The first-order chi connectivity index (χ1) is 17.1. The first-order valence-corrected chi connectivity index (χ1v) is 13.2. The minimum atomic E-state index is -0.636. The van der Waals surface area contributed by atoms with Crippen molar-refractivity contribution >= 4 is 46.3 Å². The SMILES string of the molecule is CCOC(=S)SC(CNC(=O)OC(C)(C)C)CC(Cc1ccccc1)N1C(=O)c2ccccc2C1=O. The number of ether oxygens (including phenoxy) is 2. The molecule has 9 heteroatoms. The Hall–Kier alpha value is -2.91. The highest BCUT2D eigenvalue weighted by Crippen LogP contribution is 2.30. The van der Waals surface area contributed by atoms with E-state index in [1.165, 1.54) is 16.7 Å². The minimum absolute atomic E-state index is 0.223. The molecule has 1 aliphatic rings. The van der Waals surface area contributed by atoms with Gasteiger partial charge in [0, 0.05) is 17.8 Å². The molecule has 0 saturated heterocycles. The maximum atomic E-state index is 13.3. The van der Waals surface area contributed by atoms with Crippen molar-refractivity contribution in [3.63, 3.8) is 0 Å². The van der Waals surface area contributed by atoms with Gasteiger partial charge in [-0.1, -0.05) is 54.2 Å². The van der Waals surface area contributed by atoms with Gasteiger partial charge in [-0.2, -0.15) is 0 Å². The number of rotatable bonds is 9. The van der Waals surface area contributed by atoms with Crippen LogP contribution in [0.15, 0.2) is 54.6 Å². The molecule has 2 aromatic rings. The second kappa shape index (κ2) is 12.4. The molecule has 1 N–H and O–H groups in total. The average Bonchev–Trinajstić information content (AvgIpc) is 3.07. The predicted molar refractivity (Wildman–Crippen MR) is 145 cm³/mol. The third-order valence-electron chi connectivity index (χ3n) is 5.44. The summed E-state index contributed by atoms with van der Waals surface area (Å²) in [5.74, 6) is -0.625. The van der Waals surface area contributed by atoms with Crippen molar-refractivity contribution in [2.45, 2.75) is 57.4 Å². The van der Waals surface area contributed by atoms with Gasteiger partial charge in [-0.3, -0.25) is 14.5 Å². The molecule has 192 valence electrons. The van der Waals surface area contributed by atoms with Crippen LogP contribution < -0.4 is 5.32 Å². The Balaban J connectivity index is 1.86. The molecule has 2 aromatic carbocycles. The summed E-state index contributed by atoms with van der Waals surface area (Å²) in [5.41, 5.74) is 1.17. The molecule has 1 aliphatic heterocycles. The molecule has 2 atom stereocenters. The van der Waals surface area contributed by atoms with Gasteiger partial charge in [0.2, 0.25) is 4.38 Å². The van der Waals surface area contributed by atoms with Crippen molar-refractivity contribution in [3.8, 4) is 0 Å². The molecule has 0 aromatic heterocycles. The highest BCUT2D eigenvalue weighted by molar-refractivity contribution is 8.23. The van der Waals surface area contributed by atoms with E-state index in [1.54, 1.807) is 45.0 Å². The predicted octanol–water partition coefficient (Wildman–Crippen LogP) is 5.23. The van der Waals surface area contributed by atoms with Crippen molar-refractivity contribution in [1.82, 2.24) is 10.2 Å². The van der Waals surface area contributed by atoms with Gasteiger partial charge in [0.1, 0.15) is 5.60 Å². The van der Waals surface area contributed by atoms with Gasteiger partial charge in [-0.15, -0.1) is 0 Å². The Labute approximate surface area is 221 Å². The van der Waals surface area contributed by atoms with Crippen molar-refractivity contribution in [2.24, 2.45) is 0 Å². The van der Waals surface area contributed by atoms with Crippen LogP contribution >= 0.6 is 24.0 Å². The van der Waals surface area contributed by atoms with Crippen LogP contribution in [0.2, 0.25) is 0 Å². The van der Waals surface area contributed by atoms with Crippen LogP contribution in [0.4, 0.5) is 4.79 Å². The zero-order valence-electron chi connectivity index (χ0n) is 21.0. The van der Waals surface area contributed by atoms with Crippen molar-refractivity contribution in [2.75, 3.05) is 13.2 Å². The number of nitrogens with one attached hydrogen (secondary N) is 1. The van der Waals surface area contributed by atoms with Crippen molar-refractivity contribution in [1.29, 1.82) is 0 Å². The van der Waals surface area contributed by atoms with Crippen LogP contribution in [-0.2, 0) is 15.9 Å². The van der Waals surface area contributed by atoms with Crippen LogP contribution in [-0.4, -0.2) is 57.2 Å². The lowest BCUT2D eigenvalue weighted by molar-refractivity contribution is 0.0512. The van der Waals surface area contributed by atoms with Gasteiger partial charge in [0.05, 0.1) is 17.7 Å². The van der Waals surface area contributed by atoms with E-state index in [9.17, 15) is 14.4 Å². The first-order valence-electron chi connectivity index (χ1n) is 11.9. The number of carbonyl (C=O) groups is 3. The number of thiocarbonyl (C=S) groups is 1. The molecule has 3 rings (SSSR count). The fourth-order valence-electron chi connectivity index (χ4n) is 3.98. The lowest BCUT2D eigenvalue weighted by Gasteiger charge is -2.30. The summed E-state index contributed by atoms with van der Waals surface area (Å²) in [5, 5.41) is 2.53. The lowest BCUT2D eigenvalue weighted by Crippen LogP contribution is -2.45. The average molecular weight is 529 g/mol. The van der Waals surface area contributed by atoms with E-state index in [1.807, 2.05) is 37.3 Å². The molecular formula is C27H32N2O5S2. The molecule has 0 aliphatic carbocycles. The van der Waals surface area contributed by atoms with Crippen molar-refractivity contribution < 1.29 is 23.9 Å². The number of carbonyl (C=O) groups excluding carboxylic acids is 3. The first kappa shape index (κ1) is 27.7. The summed E-state index contributed by atoms with van der Waals surface area (Å²) in [7, 11) is 0. The van der Waals surface area contributed by atoms with E-state index in [-0.39, 0.29) is 23.6 Å². The summed E-state index contributed by atoms with van der Waals surface area (Å²) < 4.78 is 11.2. The fraction of sp³-hybridized carbons (Fsp3) is 0.407. The summed E-state index contributed by atoms with van der Waals surface area (Å²) >= 11 is 6.67. The maximum Gasteiger partial charge on any atom is 0.407 e. The molecule has 0 bridgehead atoms. The number of benzene rings is 2. The van der Waals surface area contributed by atoms with Crippen LogP contribution in [0.3, 0.4) is 0 Å². The monoisotopic (exact) mass is 528 g/mol. The Kier molecular flexibility index (Phi) is 9.50. The Bertz CT molecular complexity index is 1070. The molecule has 7 nitrogen and oxygen atoms in total. The number of thioether (sulfide) groups is 1. The van der Waals surface area contributed by atoms with Crippen LogP contribution in [0.5, 0.6) is 0 Å². The zero-order valence-corrected chi connectivity index (χ0v) is 22.6.